The van der Waals surface area contributed by atoms with Gasteiger partial charge in [0, 0.05) is 31.5 Å². The normalized spacial score (nSPS) is 31.8. The van der Waals surface area contributed by atoms with Crippen molar-refractivity contribution in [2.24, 2.45) is 23.7 Å². The van der Waals surface area contributed by atoms with E-state index in [-0.39, 0.29) is 12.1 Å². The zero-order valence-electron chi connectivity index (χ0n) is 15.7. The summed E-state index contributed by atoms with van der Waals surface area (Å²) in [5.74, 6) is 2.42. The van der Waals surface area contributed by atoms with Crippen LogP contribution in [0.3, 0.4) is 0 Å². The van der Waals surface area contributed by atoms with E-state index < -0.39 is 0 Å². The molecule has 1 heterocycles. The summed E-state index contributed by atoms with van der Waals surface area (Å²) in [5.41, 5.74) is 2.10. The monoisotopic (exact) mass is 361 g/mol. The van der Waals surface area contributed by atoms with Crippen molar-refractivity contribution < 1.29 is 9.53 Å². The summed E-state index contributed by atoms with van der Waals surface area (Å²) in [7, 11) is 0. The van der Waals surface area contributed by atoms with E-state index >= 15 is 0 Å². The van der Waals surface area contributed by atoms with Crippen molar-refractivity contribution in [3.05, 3.63) is 71.8 Å². The van der Waals surface area contributed by atoms with E-state index in [1.54, 1.807) is 0 Å². The highest BCUT2D eigenvalue weighted by Gasteiger charge is 2.58. The fourth-order valence-corrected chi connectivity index (χ4v) is 5.85. The molecule has 0 amide bonds. The first-order valence-corrected chi connectivity index (χ1v) is 10.3. The van der Waals surface area contributed by atoms with Crippen LogP contribution in [0, 0.1) is 23.7 Å². The minimum absolute atomic E-state index is 0.140. The number of esters is 1. The number of hydrogen-bond acceptors (Lipinski definition) is 3. The third kappa shape index (κ3) is 3.19. The molecule has 1 aliphatic heterocycles. The van der Waals surface area contributed by atoms with E-state index in [0.29, 0.717) is 29.2 Å². The van der Waals surface area contributed by atoms with Crippen LogP contribution in [0.4, 0.5) is 0 Å². The lowest BCUT2D eigenvalue weighted by molar-refractivity contribution is 0.0135. The van der Waals surface area contributed by atoms with Crippen LogP contribution in [-0.4, -0.2) is 36.6 Å². The Morgan fingerprint density at radius 2 is 1.44 bits per heavy atom. The summed E-state index contributed by atoms with van der Waals surface area (Å²) in [4.78, 5) is 15.2. The average Bonchev–Trinajstić information content (AvgIpc) is 3.38. The molecule has 2 aliphatic carbocycles. The van der Waals surface area contributed by atoms with Crippen molar-refractivity contribution >= 4 is 5.97 Å². The number of rotatable bonds is 5. The number of nitrogens with zero attached hydrogens (tertiary/aromatic N) is 1. The molecule has 5 rings (SSSR count). The highest BCUT2D eigenvalue weighted by atomic mass is 16.5. The second-order valence-electron chi connectivity index (χ2n) is 8.46. The Bertz CT molecular complexity index is 771. The Kier molecular flexibility index (Phi) is 4.48. The lowest BCUT2D eigenvalue weighted by Gasteiger charge is -2.23. The summed E-state index contributed by atoms with van der Waals surface area (Å²) in [5, 5.41) is 0. The van der Waals surface area contributed by atoms with Crippen LogP contribution in [0.1, 0.15) is 28.8 Å². The molecule has 0 spiro atoms. The molecule has 2 aromatic rings. The van der Waals surface area contributed by atoms with E-state index in [4.69, 9.17) is 4.74 Å². The van der Waals surface area contributed by atoms with Gasteiger partial charge in [-0.1, -0.05) is 48.5 Å². The van der Waals surface area contributed by atoms with Crippen LogP contribution >= 0.6 is 0 Å². The Balaban J connectivity index is 1.20. The molecule has 3 heteroatoms. The van der Waals surface area contributed by atoms with Gasteiger partial charge in [0.2, 0.25) is 0 Å². The van der Waals surface area contributed by atoms with Crippen molar-refractivity contribution in [3.63, 3.8) is 0 Å². The lowest BCUT2D eigenvalue weighted by Crippen LogP contribution is -2.31. The Hall–Kier alpha value is -2.13. The Morgan fingerprint density at radius 1 is 0.852 bits per heavy atom. The third-order valence-electron chi connectivity index (χ3n) is 7.08. The van der Waals surface area contributed by atoms with Gasteiger partial charge in [-0.2, -0.15) is 0 Å². The molecule has 3 nitrogen and oxygen atoms in total. The largest absolute Gasteiger partial charge is 0.458 e. The number of benzene rings is 2. The molecule has 0 N–H and O–H groups in total. The summed E-state index contributed by atoms with van der Waals surface area (Å²) in [6.45, 7) is 3.50. The highest BCUT2D eigenvalue weighted by molar-refractivity contribution is 5.89. The quantitative estimate of drug-likeness (QED) is 0.753. The van der Waals surface area contributed by atoms with E-state index in [1.807, 2.05) is 30.3 Å². The summed E-state index contributed by atoms with van der Waals surface area (Å²) in [6, 6.07) is 20.2. The molecular weight excluding hydrogens is 334 g/mol. The molecule has 27 heavy (non-hydrogen) atoms. The van der Waals surface area contributed by atoms with Gasteiger partial charge in [-0.25, -0.2) is 4.79 Å². The van der Waals surface area contributed by atoms with Crippen molar-refractivity contribution in [1.82, 2.24) is 4.90 Å². The molecule has 0 radical (unpaired) electrons. The number of likely N-dealkylation sites (tertiary alicyclic amines) is 1. The summed E-state index contributed by atoms with van der Waals surface area (Å²) in [6.07, 6.45) is 3.72. The van der Waals surface area contributed by atoms with E-state index in [0.717, 1.165) is 13.0 Å². The average molecular weight is 361 g/mol. The zero-order valence-corrected chi connectivity index (χ0v) is 15.7. The second kappa shape index (κ2) is 7.12. The molecule has 3 fully saturated rings. The smallest absolute Gasteiger partial charge is 0.338 e. The Morgan fingerprint density at radius 3 is 2.07 bits per heavy atom. The molecule has 2 saturated carbocycles. The molecular formula is C24H27NO2. The van der Waals surface area contributed by atoms with Crippen molar-refractivity contribution in [2.75, 3.05) is 19.6 Å². The first kappa shape index (κ1) is 17.0. The van der Waals surface area contributed by atoms with E-state index in [9.17, 15) is 4.79 Å². The van der Waals surface area contributed by atoms with E-state index in [2.05, 4.69) is 35.2 Å². The molecule has 2 bridgehead atoms. The molecule has 140 valence electrons. The first-order valence-electron chi connectivity index (χ1n) is 10.3. The summed E-state index contributed by atoms with van der Waals surface area (Å²) >= 11 is 0. The molecule has 2 aromatic carbocycles. The highest BCUT2D eigenvalue weighted by Crippen LogP contribution is 2.56. The van der Waals surface area contributed by atoms with Crippen LogP contribution in [0.15, 0.2) is 60.7 Å². The molecule has 1 unspecified atom stereocenters. The standard InChI is InChI=1S/C24H27NO2/c26-24(18-9-5-2-6-10-18)27-23-19-11-12-20(23)22-16-25(15-21(19)22)14-13-17-7-3-1-4-8-17/h1-10,19-23H,11-16H2/t19-,20+,21-,22-,23?/m1/s1. The SMILES string of the molecule is O=C(OC1[C@H]2CC[C@@H]1[C@H]1CN(CCc3ccccc3)C[C@@H]12)c1ccccc1. The maximum atomic E-state index is 12.5. The Labute approximate surface area is 161 Å². The second-order valence-corrected chi connectivity index (χ2v) is 8.46. The van der Waals surface area contributed by atoms with Gasteiger partial charge in [-0.05, 0) is 48.8 Å². The zero-order chi connectivity index (χ0) is 18.2. The van der Waals surface area contributed by atoms with Crippen LogP contribution in [-0.2, 0) is 11.2 Å². The van der Waals surface area contributed by atoms with E-state index in [1.165, 1.54) is 31.5 Å². The van der Waals surface area contributed by atoms with Crippen LogP contribution in [0.5, 0.6) is 0 Å². The maximum absolute atomic E-state index is 12.5. The van der Waals surface area contributed by atoms with Gasteiger partial charge in [-0.3, -0.25) is 0 Å². The van der Waals surface area contributed by atoms with Gasteiger partial charge in [0.25, 0.3) is 0 Å². The van der Waals surface area contributed by atoms with Gasteiger partial charge in [-0.15, -0.1) is 0 Å². The fraction of sp³-hybridized carbons (Fsp3) is 0.458. The minimum Gasteiger partial charge on any atom is -0.458 e. The molecule has 1 saturated heterocycles. The van der Waals surface area contributed by atoms with Gasteiger partial charge < -0.3 is 9.64 Å². The minimum atomic E-state index is -0.140. The van der Waals surface area contributed by atoms with Crippen LogP contribution in [0.2, 0.25) is 0 Å². The van der Waals surface area contributed by atoms with Crippen LogP contribution < -0.4 is 0 Å². The number of hydrogen-bond donors (Lipinski definition) is 0. The number of ether oxygens (including phenoxy) is 1. The molecule has 5 atom stereocenters. The predicted octanol–water partition coefficient (Wildman–Crippen LogP) is 4.04. The van der Waals surface area contributed by atoms with Crippen molar-refractivity contribution in [2.45, 2.75) is 25.4 Å². The van der Waals surface area contributed by atoms with Crippen molar-refractivity contribution in [3.8, 4) is 0 Å². The fourth-order valence-electron chi connectivity index (χ4n) is 5.85. The third-order valence-corrected chi connectivity index (χ3v) is 7.08. The van der Waals surface area contributed by atoms with Gasteiger partial charge >= 0.3 is 5.97 Å². The lowest BCUT2D eigenvalue weighted by atomic mass is 9.82. The van der Waals surface area contributed by atoms with Gasteiger partial charge in [0.1, 0.15) is 6.10 Å². The topological polar surface area (TPSA) is 29.5 Å². The van der Waals surface area contributed by atoms with Crippen molar-refractivity contribution in [1.29, 1.82) is 0 Å². The summed E-state index contributed by atoms with van der Waals surface area (Å²) < 4.78 is 6.03. The van der Waals surface area contributed by atoms with Gasteiger partial charge in [0.15, 0.2) is 0 Å². The number of carbonyl (C=O) groups excluding carboxylic acids is 1. The first-order chi connectivity index (χ1) is 13.3. The maximum Gasteiger partial charge on any atom is 0.338 e. The number of fused-ring (bicyclic) bond motifs is 5. The molecule has 0 aromatic heterocycles. The predicted molar refractivity (Wildman–Crippen MR) is 105 cm³/mol. The molecule has 3 aliphatic rings. The van der Waals surface area contributed by atoms with Gasteiger partial charge in [0.05, 0.1) is 5.56 Å². The van der Waals surface area contributed by atoms with Crippen LogP contribution in [0.25, 0.3) is 0 Å². The number of carbonyl (C=O) groups is 1.